The summed E-state index contributed by atoms with van der Waals surface area (Å²) in [6.07, 6.45) is 1.72. The number of ether oxygens (including phenoxy) is 2. The molecule has 6 nitrogen and oxygen atoms in total. The molecule has 0 radical (unpaired) electrons. The zero-order valence-electron chi connectivity index (χ0n) is 14.0. The maximum atomic E-state index is 5.68. The van der Waals surface area contributed by atoms with Crippen molar-refractivity contribution in [1.29, 1.82) is 0 Å². The quantitative estimate of drug-likeness (QED) is 0.539. The van der Waals surface area contributed by atoms with Crippen LogP contribution in [-0.2, 0) is 0 Å². The molecule has 3 aromatic rings. The number of para-hydroxylation sites is 1. The van der Waals surface area contributed by atoms with Crippen molar-refractivity contribution < 1.29 is 9.47 Å². The van der Waals surface area contributed by atoms with E-state index in [1.165, 1.54) is 0 Å². The molecule has 0 fully saturated rings. The summed E-state index contributed by atoms with van der Waals surface area (Å²) < 4.78 is 12.8. The van der Waals surface area contributed by atoms with E-state index in [1.54, 1.807) is 18.0 Å². The van der Waals surface area contributed by atoms with E-state index in [0.29, 0.717) is 17.2 Å². The molecule has 0 atom stereocenters. The third-order valence-corrected chi connectivity index (χ3v) is 3.78. The highest BCUT2D eigenvalue weighted by Gasteiger charge is 2.13. The van der Waals surface area contributed by atoms with Gasteiger partial charge in [-0.15, -0.1) is 0 Å². The van der Waals surface area contributed by atoms with E-state index < -0.39 is 0 Å². The summed E-state index contributed by atoms with van der Waals surface area (Å²) >= 11 is 5.31. The van der Waals surface area contributed by atoms with Crippen LogP contribution in [0.15, 0.2) is 53.6 Å². The second kappa shape index (κ2) is 7.76. The zero-order chi connectivity index (χ0) is 17.6. The highest BCUT2D eigenvalue weighted by molar-refractivity contribution is 7.71. The van der Waals surface area contributed by atoms with Gasteiger partial charge >= 0.3 is 0 Å². The number of rotatable bonds is 6. The Labute approximate surface area is 150 Å². The first-order chi connectivity index (χ1) is 12.2. The Morgan fingerprint density at radius 2 is 1.96 bits per heavy atom. The number of methoxy groups -OCH3 is 1. The fourth-order valence-electron chi connectivity index (χ4n) is 2.32. The molecule has 1 N–H and O–H groups in total. The van der Waals surface area contributed by atoms with Crippen LogP contribution in [0.3, 0.4) is 0 Å². The third kappa shape index (κ3) is 3.77. The molecule has 7 heteroatoms. The van der Waals surface area contributed by atoms with Crippen LogP contribution in [0.2, 0.25) is 0 Å². The van der Waals surface area contributed by atoms with Crippen molar-refractivity contribution in [3.8, 4) is 22.9 Å². The molecule has 0 bridgehead atoms. The van der Waals surface area contributed by atoms with Gasteiger partial charge in [0.05, 0.1) is 25.5 Å². The molecular weight excluding hydrogens is 336 g/mol. The lowest BCUT2D eigenvalue weighted by molar-refractivity contribution is 0.341. The fourth-order valence-corrected chi connectivity index (χ4v) is 2.50. The summed E-state index contributed by atoms with van der Waals surface area (Å²) in [5, 5.41) is 11.6. The second-order valence-corrected chi connectivity index (χ2v) is 5.50. The van der Waals surface area contributed by atoms with Crippen LogP contribution >= 0.6 is 12.2 Å². The molecule has 0 aliphatic carbocycles. The number of nitrogens with zero attached hydrogens (tertiary/aromatic N) is 3. The molecule has 0 aliphatic rings. The monoisotopic (exact) mass is 354 g/mol. The van der Waals surface area contributed by atoms with Gasteiger partial charge in [-0.3, -0.25) is 0 Å². The summed E-state index contributed by atoms with van der Waals surface area (Å²) in [4.78, 5) is 0. The van der Waals surface area contributed by atoms with Crippen molar-refractivity contribution in [3.05, 3.63) is 58.9 Å². The number of hydrogen-bond acceptors (Lipinski definition) is 5. The van der Waals surface area contributed by atoms with Gasteiger partial charge < -0.3 is 9.47 Å². The van der Waals surface area contributed by atoms with Gasteiger partial charge in [0.15, 0.2) is 5.82 Å². The highest BCUT2D eigenvalue weighted by atomic mass is 32.1. The first-order valence-corrected chi connectivity index (χ1v) is 8.21. The minimum absolute atomic E-state index is 0.408. The molecule has 0 saturated carbocycles. The van der Waals surface area contributed by atoms with Crippen LogP contribution in [0.5, 0.6) is 11.5 Å². The van der Waals surface area contributed by atoms with Gasteiger partial charge in [-0.1, -0.05) is 12.1 Å². The van der Waals surface area contributed by atoms with Crippen molar-refractivity contribution in [2.24, 2.45) is 5.10 Å². The number of nitrogens with one attached hydrogen (secondary N) is 1. The lowest BCUT2D eigenvalue weighted by Gasteiger charge is -2.08. The SMILES string of the molecule is CCOc1ccccc1-c1n[nH]c(=S)n1/N=C/c1ccc(OC)cc1. The van der Waals surface area contributed by atoms with Crippen LogP contribution in [0.4, 0.5) is 0 Å². The summed E-state index contributed by atoms with van der Waals surface area (Å²) in [5.41, 5.74) is 1.75. The summed E-state index contributed by atoms with van der Waals surface area (Å²) in [5.74, 6) is 2.13. The molecule has 0 aliphatic heterocycles. The van der Waals surface area contributed by atoms with Gasteiger partial charge in [-0.05, 0) is 61.1 Å². The van der Waals surface area contributed by atoms with Gasteiger partial charge in [0.1, 0.15) is 11.5 Å². The van der Waals surface area contributed by atoms with Crippen molar-refractivity contribution in [3.63, 3.8) is 0 Å². The van der Waals surface area contributed by atoms with E-state index >= 15 is 0 Å². The average Bonchev–Trinajstić information content (AvgIpc) is 3.01. The summed E-state index contributed by atoms with van der Waals surface area (Å²) in [6.45, 7) is 2.51. The number of benzene rings is 2. The third-order valence-electron chi connectivity index (χ3n) is 3.52. The predicted octanol–water partition coefficient (Wildman–Crippen LogP) is 3.90. The Balaban J connectivity index is 1.97. The molecule has 2 aromatic carbocycles. The summed E-state index contributed by atoms with van der Waals surface area (Å²) in [7, 11) is 1.63. The Morgan fingerprint density at radius 1 is 1.20 bits per heavy atom. The Morgan fingerprint density at radius 3 is 2.68 bits per heavy atom. The number of H-pyrrole nitrogens is 1. The Hall–Kier alpha value is -2.93. The fraction of sp³-hybridized carbons (Fsp3) is 0.167. The highest BCUT2D eigenvalue weighted by Crippen LogP contribution is 2.28. The van der Waals surface area contributed by atoms with Gasteiger partial charge in [-0.2, -0.15) is 14.9 Å². The second-order valence-electron chi connectivity index (χ2n) is 5.11. The number of aromatic nitrogens is 3. The molecule has 1 aromatic heterocycles. The minimum Gasteiger partial charge on any atom is -0.497 e. The van der Waals surface area contributed by atoms with Crippen molar-refractivity contribution in [2.45, 2.75) is 6.92 Å². The topological polar surface area (TPSA) is 64.4 Å². The average molecular weight is 354 g/mol. The zero-order valence-corrected chi connectivity index (χ0v) is 14.8. The molecule has 1 heterocycles. The standard InChI is InChI=1S/C18H18N4O2S/c1-3-24-16-7-5-4-6-15(16)17-20-21-18(25)22(17)19-12-13-8-10-14(23-2)11-9-13/h4-12H,3H2,1-2H3,(H,21,25)/b19-12+. The largest absolute Gasteiger partial charge is 0.497 e. The minimum atomic E-state index is 0.408. The van der Waals surface area contributed by atoms with Gasteiger partial charge in [0, 0.05) is 0 Å². The van der Waals surface area contributed by atoms with E-state index in [4.69, 9.17) is 21.7 Å². The number of hydrogen-bond donors (Lipinski definition) is 1. The maximum absolute atomic E-state index is 5.68. The molecule has 0 amide bonds. The molecule has 0 unspecified atom stereocenters. The van der Waals surface area contributed by atoms with Crippen molar-refractivity contribution in [2.75, 3.05) is 13.7 Å². The lowest BCUT2D eigenvalue weighted by atomic mass is 10.2. The van der Waals surface area contributed by atoms with Crippen LogP contribution in [-0.4, -0.2) is 34.8 Å². The van der Waals surface area contributed by atoms with Crippen LogP contribution in [0, 0.1) is 4.77 Å². The van der Waals surface area contributed by atoms with Gasteiger partial charge in [-0.25, -0.2) is 5.10 Å². The molecular formula is C18H18N4O2S. The van der Waals surface area contributed by atoms with E-state index in [2.05, 4.69) is 15.3 Å². The lowest BCUT2D eigenvalue weighted by Crippen LogP contribution is -1.99. The van der Waals surface area contributed by atoms with Gasteiger partial charge in [0.25, 0.3) is 0 Å². The predicted molar refractivity (Wildman–Crippen MR) is 100 cm³/mol. The molecule has 3 rings (SSSR count). The van der Waals surface area contributed by atoms with E-state index in [0.717, 1.165) is 22.6 Å². The van der Waals surface area contributed by atoms with E-state index in [-0.39, 0.29) is 0 Å². The van der Waals surface area contributed by atoms with Gasteiger partial charge in [0.2, 0.25) is 4.77 Å². The van der Waals surface area contributed by atoms with E-state index in [9.17, 15) is 0 Å². The van der Waals surface area contributed by atoms with E-state index in [1.807, 2.05) is 55.5 Å². The molecule has 25 heavy (non-hydrogen) atoms. The first-order valence-electron chi connectivity index (χ1n) is 7.81. The molecule has 128 valence electrons. The first kappa shape index (κ1) is 16.9. The number of aromatic amines is 1. The summed E-state index contributed by atoms with van der Waals surface area (Å²) in [6, 6.07) is 15.2. The van der Waals surface area contributed by atoms with Crippen molar-refractivity contribution >= 4 is 18.4 Å². The Kier molecular flexibility index (Phi) is 5.25. The van der Waals surface area contributed by atoms with Crippen LogP contribution in [0.1, 0.15) is 12.5 Å². The van der Waals surface area contributed by atoms with Crippen LogP contribution in [0.25, 0.3) is 11.4 Å². The normalized spacial score (nSPS) is 11.0. The smallest absolute Gasteiger partial charge is 0.216 e. The van der Waals surface area contributed by atoms with Crippen molar-refractivity contribution in [1.82, 2.24) is 14.9 Å². The molecule has 0 spiro atoms. The Bertz CT molecular complexity index is 929. The van der Waals surface area contributed by atoms with Crippen LogP contribution < -0.4 is 9.47 Å². The maximum Gasteiger partial charge on any atom is 0.216 e. The molecule has 0 saturated heterocycles.